The number of halogens is 1. The van der Waals surface area contributed by atoms with Crippen LogP contribution >= 0.6 is 12.4 Å². The molecule has 5 rings (SSSR count). The van der Waals surface area contributed by atoms with Gasteiger partial charge >= 0.3 is 0 Å². The van der Waals surface area contributed by atoms with E-state index in [0.29, 0.717) is 12.0 Å². The zero-order valence-electron chi connectivity index (χ0n) is 19.1. The van der Waals surface area contributed by atoms with Crippen molar-refractivity contribution in [2.24, 2.45) is 5.92 Å². The number of carbonyl (C=O) groups excluding carboxylic acids is 2. The molecule has 8 heteroatoms. The summed E-state index contributed by atoms with van der Waals surface area (Å²) in [5.74, 6) is 0.0551. The average molecular weight is 471 g/mol. The Morgan fingerprint density at radius 1 is 1.18 bits per heavy atom. The van der Waals surface area contributed by atoms with Crippen LogP contribution in [0.2, 0.25) is 0 Å². The third-order valence-electron chi connectivity index (χ3n) is 6.92. The first kappa shape index (κ1) is 23.5. The van der Waals surface area contributed by atoms with Crippen LogP contribution in [0.3, 0.4) is 0 Å². The van der Waals surface area contributed by atoms with E-state index in [4.69, 9.17) is 4.74 Å². The van der Waals surface area contributed by atoms with Crippen molar-refractivity contribution >= 4 is 41.6 Å². The molecule has 1 aromatic carbocycles. The molecule has 2 fully saturated rings. The van der Waals surface area contributed by atoms with Crippen LogP contribution in [-0.2, 0) is 27.3 Å². The highest BCUT2D eigenvalue weighted by Gasteiger charge is 2.28. The van der Waals surface area contributed by atoms with Gasteiger partial charge in [-0.1, -0.05) is 6.07 Å². The van der Waals surface area contributed by atoms with Crippen LogP contribution < -0.4 is 10.6 Å². The Labute approximate surface area is 200 Å². The number of nitrogens with zero attached hydrogens (tertiary/aromatic N) is 1. The number of rotatable bonds is 5. The van der Waals surface area contributed by atoms with Crippen LogP contribution in [0, 0.1) is 19.8 Å². The van der Waals surface area contributed by atoms with E-state index in [1.807, 2.05) is 18.2 Å². The molecule has 0 radical (unpaired) electrons. The number of nitrogens with one attached hydrogen (secondary N) is 3. The molecule has 2 aromatic rings. The largest absolute Gasteiger partial charge is 0.379 e. The molecule has 33 heavy (non-hydrogen) atoms. The molecule has 2 saturated heterocycles. The SMILES string of the molecule is Cc1[nH]c(C=C2C(=O)Nc3ccc(CC4CCNC4=O)cc32)c(C)c1CN1CCOCC1.Cl. The predicted octanol–water partition coefficient (Wildman–Crippen LogP) is 3.06. The van der Waals surface area contributed by atoms with Crippen molar-refractivity contribution in [2.75, 3.05) is 38.2 Å². The number of hydrogen-bond donors (Lipinski definition) is 3. The number of morpholine rings is 1. The lowest BCUT2D eigenvalue weighted by Crippen LogP contribution is -2.35. The molecule has 3 N–H and O–H groups in total. The number of H-pyrrole nitrogens is 1. The van der Waals surface area contributed by atoms with Gasteiger partial charge in [0.05, 0.1) is 18.8 Å². The van der Waals surface area contributed by atoms with Crippen molar-refractivity contribution in [1.82, 2.24) is 15.2 Å². The zero-order chi connectivity index (χ0) is 22.2. The molecule has 0 spiro atoms. The summed E-state index contributed by atoms with van der Waals surface area (Å²) in [6.07, 6.45) is 3.53. The van der Waals surface area contributed by atoms with Gasteiger partial charge in [0.15, 0.2) is 0 Å². The number of fused-ring (bicyclic) bond motifs is 1. The molecule has 0 saturated carbocycles. The highest BCUT2D eigenvalue weighted by atomic mass is 35.5. The lowest BCUT2D eigenvalue weighted by molar-refractivity contribution is -0.122. The maximum absolute atomic E-state index is 12.8. The van der Waals surface area contributed by atoms with Crippen molar-refractivity contribution in [3.8, 4) is 0 Å². The van der Waals surface area contributed by atoms with E-state index in [1.165, 1.54) is 11.1 Å². The Morgan fingerprint density at radius 3 is 2.70 bits per heavy atom. The summed E-state index contributed by atoms with van der Waals surface area (Å²) in [5, 5.41) is 5.88. The Balaban J connectivity index is 0.00000259. The van der Waals surface area contributed by atoms with Crippen molar-refractivity contribution in [2.45, 2.75) is 33.2 Å². The predicted molar refractivity (Wildman–Crippen MR) is 131 cm³/mol. The maximum atomic E-state index is 12.8. The third kappa shape index (κ3) is 4.71. The fourth-order valence-corrected chi connectivity index (χ4v) is 4.95. The van der Waals surface area contributed by atoms with E-state index in [2.05, 4.69) is 40.4 Å². The fourth-order valence-electron chi connectivity index (χ4n) is 4.95. The maximum Gasteiger partial charge on any atom is 0.256 e. The summed E-state index contributed by atoms with van der Waals surface area (Å²) >= 11 is 0. The fraction of sp³-hybridized carbons (Fsp3) is 0.440. The van der Waals surface area contributed by atoms with E-state index < -0.39 is 0 Å². The number of amides is 2. The Hall–Kier alpha value is -2.61. The van der Waals surface area contributed by atoms with Gasteiger partial charge in [-0.3, -0.25) is 14.5 Å². The number of ether oxygens (including phenoxy) is 1. The van der Waals surface area contributed by atoms with E-state index >= 15 is 0 Å². The second-order valence-corrected chi connectivity index (χ2v) is 9.03. The van der Waals surface area contributed by atoms with E-state index in [0.717, 1.165) is 74.0 Å². The molecule has 4 heterocycles. The molecule has 1 aromatic heterocycles. The van der Waals surface area contributed by atoms with Gasteiger partial charge in [-0.05, 0) is 61.6 Å². The van der Waals surface area contributed by atoms with Gasteiger partial charge in [0.2, 0.25) is 5.91 Å². The van der Waals surface area contributed by atoms with Gasteiger partial charge in [0.1, 0.15) is 0 Å². The first-order valence-corrected chi connectivity index (χ1v) is 11.4. The molecular weight excluding hydrogens is 440 g/mol. The zero-order valence-corrected chi connectivity index (χ0v) is 19.9. The summed E-state index contributed by atoms with van der Waals surface area (Å²) < 4.78 is 5.47. The number of carbonyl (C=O) groups is 2. The van der Waals surface area contributed by atoms with Crippen molar-refractivity contribution in [3.05, 3.63) is 51.8 Å². The molecule has 0 bridgehead atoms. The number of anilines is 1. The van der Waals surface area contributed by atoms with Gasteiger partial charge in [-0.2, -0.15) is 0 Å². The summed E-state index contributed by atoms with van der Waals surface area (Å²) in [4.78, 5) is 30.7. The minimum atomic E-state index is -0.0860. The normalized spacial score (nSPS) is 21.6. The van der Waals surface area contributed by atoms with Gasteiger partial charge < -0.3 is 20.4 Å². The topological polar surface area (TPSA) is 86.5 Å². The molecule has 1 unspecified atom stereocenters. The monoisotopic (exact) mass is 470 g/mol. The van der Waals surface area contributed by atoms with Gasteiger partial charge in [0, 0.05) is 54.7 Å². The molecule has 1 atom stereocenters. The molecular formula is C25H31ClN4O3. The molecule has 7 nitrogen and oxygen atoms in total. The quantitative estimate of drug-likeness (QED) is 0.586. The standard InChI is InChI=1S/C25H30N4O3.ClH/c1-15-21(14-29-7-9-32-10-8-29)16(2)27-23(15)13-20-19-12-17(3-4-22(19)28-25(20)31)11-18-5-6-26-24(18)30;/h3-4,12-13,18,27H,5-11,14H2,1-2H3,(H,26,30)(H,28,31);1H. The number of benzene rings is 1. The number of hydrogen-bond acceptors (Lipinski definition) is 4. The number of aryl methyl sites for hydroxylation is 1. The van der Waals surface area contributed by atoms with Crippen LogP contribution in [0.4, 0.5) is 5.69 Å². The first-order valence-electron chi connectivity index (χ1n) is 11.4. The lowest BCUT2D eigenvalue weighted by Gasteiger charge is -2.26. The average Bonchev–Trinajstić information content (AvgIpc) is 3.41. The molecule has 176 valence electrons. The highest BCUT2D eigenvalue weighted by molar-refractivity contribution is 6.34. The smallest absolute Gasteiger partial charge is 0.256 e. The summed E-state index contributed by atoms with van der Waals surface area (Å²) in [5.41, 5.74) is 8.08. The Kier molecular flexibility index (Phi) is 6.93. The van der Waals surface area contributed by atoms with Crippen LogP contribution in [0.5, 0.6) is 0 Å². The number of aromatic amines is 1. The second-order valence-electron chi connectivity index (χ2n) is 9.03. The molecule has 3 aliphatic heterocycles. The van der Waals surface area contributed by atoms with Crippen LogP contribution in [0.25, 0.3) is 11.6 Å². The van der Waals surface area contributed by atoms with E-state index in [1.54, 1.807) is 0 Å². The van der Waals surface area contributed by atoms with Crippen LogP contribution in [0.1, 0.15) is 40.1 Å². The van der Waals surface area contributed by atoms with Gasteiger partial charge in [0.25, 0.3) is 5.91 Å². The summed E-state index contributed by atoms with van der Waals surface area (Å²) in [6.45, 7) is 9.29. The highest BCUT2D eigenvalue weighted by Crippen LogP contribution is 2.35. The number of aromatic nitrogens is 1. The van der Waals surface area contributed by atoms with Crippen LogP contribution in [-0.4, -0.2) is 54.5 Å². The van der Waals surface area contributed by atoms with E-state index in [9.17, 15) is 9.59 Å². The van der Waals surface area contributed by atoms with Gasteiger partial charge in [-0.25, -0.2) is 0 Å². The summed E-state index contributed by atoms with van der Waals surface area (Å²) in [7, 11) is 0. The van der Waals surface area contributed by atoms with Crippen molar-refractivity contribution < 1.29 is 14.3 Å². The Bertz CT molecular complexity index is 1100. The second kappa shape index (κ2) is 9.71. The molecule has 2 amide bonds. The lowest BCUT2D eigenvalue weighted by atomic mass is 9.95. The first-order chi connectivity index (χ1) is 15.5. The van der Waals surface area contributed by atoms with Gasteiger partial charge in [-0.15, -0.1) is 12.4 Å². The third-order valence-corrected chi connectivity index (χ3v) is 6.92. The molecule has 3 aliphatic rings. The van der Waals surface area contributed by atoms with Crippen LogP contribution in [0.15, 0.2) is 18.2 Å². The minimum Gasteiger partial charge on any atom is -0.379 e. The van der Waals surface area contributed by atoms with Crippen molar-refractivity contribution in [3.63, 3.8) is 0 Å². The van der Waals surface area contributed by atoms with Crippen molar-refractivity contribution in [1.29, 1.82) is 0 Å². The van der Waals surface area contributed by atoms with E-state index in [-0.39, 0.29) is 30.1 Å². The Morgan fingerprint density at radius 2 is 1.97 bits per heavy atom. The molecule has 0 aliphatic carbocycles. The minimum absolute atomic E-state index is 0. The summed E-state index contributed by atoms with van der Waals surface area (Å²) in [6, 6.07) is 6.02.